The Morgan fingerprint density at radius 2 is 2.13 bits per heavy atom. The highest BCUT2D eigenvalue weighted by Gasteiger charge is 2.25. The van der Waals surface area contributed by atoms with Gasteiger partial charge in [-0.25, -0.2) is 4.98 Å². The van der Waals surface area contributed by atoms with E-state index in [1.54, 1.807) is 30.0 Å². The second kappa shape index (κ2) is 7.32. The molecular weight excluding hydrogens is 312 g/mol. The van der Waals surface area contributed by atoms with Gasteiger partial charge in [-0.3, -0.25) is 14.6 Å². The molecule has 23 heavy (non-hydrogen) atoms. The molecule has 120 valence electrons. The number of anilines is 1. The smallest absolute Gasteiger partial charge is 0.263 e. The summed E-state index contributed by atoms with van der Waals surface area (Å²) in [6.07, 6.45) is 7.75. The van der Waals surface area contributed by atoms with Gasteiger partial charge in [-0.2, -0.15) is 0 Å². The molecule has 2 N–H and O–H groups in total. The topological polar surface area (TPSA) is 84.0 Å². The molecule has 7 heteroatoms. The molecule has 0 atom stereocenters. The Balaban J connectivity index is 1.55. The van der Waals surface area contributed by atoms with E-state index in [-0.39, 0.29) is 18.4 Å². The Kier molecular flexibility index (Phi) is 4.97. The summed E-state index contributed by atoms with van der Waals surface area (Å²) in [7, 11) is 0. The molecule has 0 radical (unpaired) electrons. The third-order valence-corrected chi connectivity index (χ3v) is 4.74. The standard InChI is InChI=1S/C16H18N4O2S/c21-13(20-12-6-3-7-17-8-12)9-18-16(22)15-14(19-10-23-15)11-4-1-2-5-11/h3,6-8,10-11H,1-2,4-5,9H2,(H,18,22)(H,20,21). The van der Waals surface area contributed by atoms with Crippen molar-refractivity contribution in [1.82, 2.24) is 15.3 Å². The Hall–Kier alpha value is -2.28. The summed E-state index contributed by atoms with van der Waals surface area (Å²) in [6.45, 7) is -0.0737. The first-order valence-corrected chi connectivity index (χ1v) is 8.53. The number of pyridine rings is 1. The molecule has 2 aromatic heterocycles. The molecule has 2 heterocycles. The monoisotopic (exact) mass is 330 g/mol. The molecule has 0 aliphatic heterocycles. The van der Waals surface area contributed by atoms with Gasteiger partial charge in [0.05, 0.1) is 29.6 Å². The van der Waals surface area contributed by atoms with Crippen LogP contribution in [-0.4, -0.2) is 28.3 Å². The van der Waals surface area contributed by atoms with Gasteiger partial charge in [0, 0.05) is 12.1 Å². The zero-order valence-corrected chi connectivity index (χ0v) is 13.4. The van der Waals surface area contributed by atoms with Crippen LogP contribution in [0.25, 0.3) is 0 Å². The van der Waals surface area contributed by atoms with E-state index in [4.69, 9.17) is 0 Å². The lowest BCUT2D eigenvalue weighted by atomic mass is 10.0. The van der Waals surface area contributed by atoms with Gasteiger partial charge in [-0.05, 0) is 25.0 Å². The van der Waals surface area contributed by atoms with Crippen molar-refractivity contribution in [1.29, 1.82) is 0 Å². The number of nitrogens with one attached hydrogen (secondary N) is 2. The highest BCUT2D eigenvalue weighted by Crippen LogP contribution is 2.36. The van der Waals surface area contributed by atoms with Crippen LogP contribution in [0.3, 0.4) is 0 Å². The summed E-state index contributed by atoms with van der Waals surface area (Å²) in [5.74, 6) is -0.125. The third kappa shape index (κ3) is 3.92. The first-order chi connectivity index (χ1) is 11.2. The fourth-order valence-electron chi connectivity index (χ4n) is 2.80. The van der Waals surface area contributed by atoms with Gasteiger partial charge in [-0.1, -0.05) is 12.8 Å². The number of hydrogen-bond acceptors (Lipinski definition) is 5. The molecular formula is C16H18N4O2S. The number of nitrogens with zero attached hydrogens (tertiary/aromatic N) is 2. The average Bonchev–Trinajstić information content (AvgIpc) is 3.24. The average molecular weight is 330 g/mol. The van der Waals surface area contributed by atoms with Gasteiger partial charge in [-0.15, -0.1) is 11.3 Å². The molecule has 0 spiro atoms. The van der Waals surface area contributed by atoms with E-state index < -0.39 is 0 Å². The van der Waals surface area contributed by atoms with E-state index in [1.807, 2.05) is 0 Å². The van der Waals surface area contributed by atoms with Crippen molar-refractivity contribution >= 4 is 28.8 Å². The lowest BCUT2D eigenvalue weighted by Gasteiger charge is -2.09. The highest BCUT2D eigenvalue weighted by molar-refractivity contribution is 7.11. The Morgan fingerprint density at radius 1 is 1.30 bits per heavy atom. The molecule has 1 fully saturated rings. The van der Waals surface area contributed by atoms with Crippen LogP contribution in [0.4, 0.5) is 5.69 Å². The van der Waals surface area contributed by atoms with Crippen LogP contribution < -0.4 is 10.6 Å². The maximum absolute atomic E-state index is 12.3. The zero-order valence-electron chi connectivity index (χ0n) is 12.6. The molecule has 0 saturated heterocycles. The summed E-state index contributed by atoms with van der Waals surface area (Å²) in [5, 5.41) is 5.35. The minimum Gasteiger partial charge on any atom is -0.342 e. The number of amides is 2. The van der Waals surface area contributed by atoms with Gasteiger partial charge < -0.3 is 10.6 Å². The lowest BCUT2D eigenvalue weighted by molar-refractivity contribution is -0.115. The predicted octanol–water partition coefficient (Wildman–Crippen LogP) is 2.56. The number of carbonyl (C=O) groups is 2. The van der Waals surface area contributed by atoms with Crippen molar-refractivity contribution < 1.29 is 9.59 Å². The quantitative estimate of drug-likeness (QED) is 0.882. The van der Waals surface area contributed by atoms with E-state index in [1.165, 1.54) is 24.2 Å². The first kappa shape index (κ1) is 15.6. The van der Waals surface area contributed by atoms with Crippen molar-refractivity contribution in [2.75, 3.05) is 11.9 Å². The maximum atomic E-state index is 12.3. The first-order valence-electron chi connectivity index (χ1n) is 7.65. The molecule has 0 bridgehead atoms. The fraction of sp³-hybridized carbons (Fsp3) is 0.375. The summed E-state index contributed by atoms with van der Waals surface area (Å²) in [6, 6.07) is 3.48. The molecule has 0 unspecified atom stereocenters. The summed E-state index contributed by atoms with van der Waals surface area (Å²) >= 11 is 1.34. The van der Waals surface area contributed by atoms with Crippen molar-refractivity contribution in [3.63, 3.8) is 0 Å². The van der Waals surface area contributed by atoms with Crippen LogP contribution in [0, 0.1) is 0 Å². The molecule has 3 rings (SSSR count). The Bertz CT molecular complexity index is 680. The number of carbonyl (C=O) groups excluding carboxylic acids is 2. The lowest BCUT2D eigenvalue weighted by Crippen LogP contribution is -2.33. The van der Waals surface area contributed by atoms with E-state index in [2.05, 4.69) is 20.6 Å². The van der Waals surface area contributed by atoms with E-state index >= 15 is 0 Å². The number of hydrogen-bond donors (Lipinski definition) is 2. The van der Waals surface area contributed by atoms with Crippen LogP contribution in [0.1, 0.15) is 47.0 Å². The van der Waals surface area contributed by atoms with Gasteiger partial charge in [0.1, 0.15) is 4.88 Å². The van der Waals surface area contributed by atoms with Gasteiger partial charge in [0.25, 0.3) is 5.91 Å². The number of thiazole rings is 1. The largest absolute Gasteiger partial charge is 0.342 e. The van der Waals surface area contributed by atoms with Gasteiger partial charge >= 0.3 is 0 Å². The molecule has 1 saturated carbocycles. The molecule has 1 aliphatic rings. The van der Waals surface area contributed by atoms with E-state index in [0.717, 1.165) is 18.5 Å². The van der Waals surface area contributed by atoms with Gasteiger partial charge in [0.2, 0.25) is 5.91 Å². The van der Waals surface area contributed by atoms with Crippen molar-refractivity contribution in [2.24, 2.45) is 0 Å². The van der Waals surface area contributed by atoms with Crippen LogP contribution in [0.15, 0.2) is 30.0 Å². The van der Waals surface area contributed by atoms with Crippen molar-refractivity contribution in [3.8, 4) is 0 Å². The summed E-state index contributed by atoms with van der Waals surface area (Å²) < 4.78 is 0. The normalized spacial score (nSPS) is 14.6. The van der Waals surface area contributed by atoms with Crippen LogP contribution in [0.2, 0.25) is 0 Å². The Labute approximate surface area is 138 Å². The highest BCUT2D eigenvalue weighted by atomic mass is 32.1. The van der Waals surface area contributed by atoms with E-state index in [0.29, 0.717) is 16.5 Å². The third-order valence-electron chi connectivity index (χ3n) is 3.90. The minimum absolute atomic E-state index is 0.0737. The zero-order chi connectivity index (χ0) is 16.1. The second-order valence-corrected chi connectivity index (χ2v) is 6.38. The van der Waals surface area contributed by atoms with Crippen LogP contribution in [-0.2, 0) is 4.79 Å². The van der Waals surface area contributed by atoms with Crippen molar-refractivity contribution in [3.05, 3.63) is 40.6 Å². The molecule has 2 amide bonds. The molecule has 1 aliphatic carbocycles. The summed E-state index contributed by atoms with van der Waals surface area (Å²) in [5.41, 5.74) is 3.20. The molecule has 2 aromatic rings. The summed E-state index contributed by atoms with van der Waals surface area (Å²) in [4.78, 5) is 33.1. The van der Waals surface area contributed by atoms with Gasteiger partial charge in [0.15, 0.2) is 0 Å². The number of aromatic nitrogens is 2. The molecule has 0 aromatic carbocycles. The van der Waals surface area contributed by atoms with E-state index in [9.17, 15) is 9.59 Å². The predicted molar refractivity (Wildman–Crippen MR) is 88.5 cm³/mol. The molecule has 6 nitrogen and oxygen atoms in total. The maximum Gasteiger partial charge on any atom is 0.263 e. The second-order valence-electron chi connectivity index (χ2n) is 5.52. The van der Waals surface area contributed by atoms with Crippen LogP contribution in [0.5, 0.6) is 0 Å². The SMILES string of the molecule is O=C(CNC(=O)c1scnc1C1CCCC1)Nc1cccnc1. The Morgan fingerprint density at radius 3 is 2.87 bits per heavy atom. The minimum atomic E-state index is -0.279. The fourth-order valence-corrected chi connectivity index (χ4v) is 3.59. The number of rotatable bonds is 5. The van der Waals surface area contributed by atoms with Crippen LogP contribution >= 0.6 is 11.3 Å². The van der Waals surface area contributed by atoms with Crippen molar-refractivity contribution in [2.45, 2.75) is 31.6 Å².